The van der Waals surface area contributed by atoms with E-state index in [1.807, 2.05) is 18.2 Å². The molecule has 2 unspecified atom stereocenters. The SMILES string of the molecule is O=C(O)C1CN(C(=O)OCc2ccccc2)CC1F. The molecular weight excluding hydrogens is 253 g/mol. The van der Waals surface area contributed by atoms with Crippen LogP contribution in [0.15, 0.2) is 30.3 Å². The van der Waals surface area contributed by atoms with Gasteiger partial charge in [0, 0.05) is 6.54 Å². The lowest BCUT2D eigenvalue weighted by Gasteiger charge is -2.15. The number of carboxylic acid groups (broad SMARTS) is 1. The van der Waals surface area contributed by atoms with Crippen LogP contribution in [0.5, 0.6) is 0 Å². The molecule has 19 heavy (non-hydrogen) atoms. The molecule has 1 N–H and O–H groups in total. The summed E-state index contributed by atoms with van der Waals surface area (Å²) in [5.74, 6) is -2.39. The Kier molecular flexibility index (Phi) is 3.99. The van der Waals surface area contributed by atoms with Crippen LogP contribution < -0.4 is 0 Å². The van der Waals surface area contributed by atoms with Crippen LogP contribution in [0, 0.1) is 5.92 Å². The lowest BCUT2D eigenvalue weighted by atomic mass is 10.1. The molecule has 0 radical (unpaired) electrons. The van der Waals surface area contributed by atoms with Crippen LogP contribution in [0.4, 0.5) is 9.18 Å². The number of benzene rings is 1. The average Bonchev–Trinajstić information content (AvgIpc) is 2.79. The predicted octanol–water partition coefficient (Wildman–Crippen LogP) is 1.68. The number of carbonyl (C=O) groups excluding carboxylic acids is 1. The Morgan fingerprint density at radius 2 is 2.00 bits per heavy atom. The Labute approximate surface area is 109 Å². The molecule has 1 aliphatic heterocycles. The van der Waals surface area contributed by atoms with E-state index in [0.717, 1.165) is 10.5 Å². The minimum Gasteiger partial charge on any atom is -0.481 e. The third-order valence-electron chi connectivity index (χ3n) is 3.03. The van der Waals surface area contributed by atoms with Crippen molar-refractivity contribution in [3.8, 4) is 0 Å². The maximum Gasteiger partial charge on any atom is 0.410 e. The Bertz CT molecular complexity index is 465. The zero-order valence-corrected chi connectivity index (χ0v) is 10.2. The van der Waals surface area contributed by atoms with Crippen molar-refractivity contribution < 1.29 is 23.8 Å². The van der Waals surface area contributed by atoms with Crippen molar-refractivity contribution in [2.75, 3.05) is 13.1 Å². The molecule has 1 amide bonds. The molecule has 1 aromatic rings. The summed E-state index contributed by atoms with van der Waals surface area (Å²) in [5.41, 5.74) is 0.821. The molecule has 6 heteroatoms. The van der Waals surface area contributed by atoms with E-state index < -0.39 is 24.2 Å². The molecular formula is C13H14FNO4. The molecule has 5 nitrogen and oxygen atoms in total. The number of likely N-dealkylation sites (tertiary alicyclic amines) is 1. The molecule has 0 aromatic heterocycles. The highest BCUT2D eigenvalue weighted by Crippen LogP contribution is 2.21. The van der Waals surface area contributed by atoms with Gasteiger partial charge < -0.3 is 14.7 Å². The highest BCUT2D eigenvalue weighted by Gasteiger charge is 2.40. The van der Waals surface area contributed by atoms with Gasteiger partial charge in [0.2, 0.25) is 0 Å². The molecule has 1 aromatic carbocycles. The molecule has 102 valence electrons. The topological polar surface area (TPSA) is 66.8 Å². The van der Waals surface area contributed by atoms with Crippen molar-refractivity contribution >= 4 is 12.1 Å². The monoisotopic (exact) mass is 267 g/mol. The summed E-state index contributed by atoms with van der Waals surface area (Å²) >= 11 is 0. The number of aliphatic carboxylic acids is 1. The number of carbonyl (C=O) groups is 2. The van der Waals surface area contributed by atoms with Crippen molar-refractivity contribution in [3.63, 3.8) is 0 Å². The van der Waals surface area contributed by atoms with E-state index in [2.05, 4.69) is 0 Å². The normalized spacial score (nSPS) is 22.3. The van der Waals surface area contributed by atoms with Gasteiger partial charge in [0.15, 0.2) is 0 Å². The van der Waals surface area contributed by atoms with E-state index in [4.69, 9.17) is 9.84 Å². The van der Waals surface area contributed by atoms with Crippen molar-refractivity contribution in [3.05, 3.63) is 35.9 Å². The second kappa shape index (κ2) is 5.69. The number of hydrogen-bond acceptors (Lipinski definition) is 3. The molecule has 1 heterocycles. The fourth-order valence-corrected chi connectivity index (χ4v) is 1.96. The van der Waals surface area contributed by atoms with Gasteiger partial charge in [-0.05, 0) is 5.56 Å². The maximum atomic E-state index is 13.4. The third-order valence-corrected chi connectivity index (χ3v) is 3.03. The van der Waals surface area contributed by atoms with E-state index in [1.54, 1.807) is 12.1 Å². The molecule has 0 saturated carbocycles. The maximum absolute atomic E-state index is 13.4. The van der Waals surface area contributed by atoms with Gasteiger partial charge in [-0.15, -0.1) is 0 Å². The number of carboxylic acids is 1. The van der Waals surface area contributed by atoms with Gasteiger partial charge in [-0.2, -0.15) is 0 Å². The summed E-state index contributed by atoms with van der Waals surface area (Å²) in [4.78, 5) is 23.5. The van der Waals surface area contributed by atoms with Crippen molar-refractivity contribution in [2.45, 2.75) is 12.8 Å². The molecule has 1 saturated heterocycles. The molecule has 0 bridgehead atoms. The van der Waals surface area contributed by atoms with Crippen molar-refractivity contribution in [2.24, 2.45) is 5.92 Å². The zero-order valence-electron chi connectivity index (χ0n) is 10.2. The van der Waals surface area contributed by atoms with E-state index >= 15 is 0 Å². The van der Waals surface area contributed by atoms with Crippen LogP contribution in [0.1, 0.15) is 5.56 Å². The zero-order chi connectivity index (χ0) is 13.8. The van der Waals surface area contributed by atoms with Gasteiger partial charge in [-0.1, -0.05) is 30.3 Å². The molecule has 2 atom stereocenters. The quantitative estimate of drug-likeness (QED) is 0.904. The predicted molar refractivity (Wildman–Crippen MR) is 64.2 cm³/mol. The summed E-state index contributed by atoms with van der Waals surface area (Å²) in [6, 6.07) is 9.08. The van der Waals surface area contributed by atoms with E-state index in [0.29, 0.717) is 0 Å². The number of hydrogen-bond donors (Lipinski definition) is 1. The molecule has 0 spiro atoms. The van der Waals surface area contributed by atoms with Gasteiger partial charge in [0.25, 0.3) is 0 Å². The highest BCUT2D eigenvalue weighted by atomic mass is 19.1. The smallest absolute Gasteiger partial charge is 0.410 e. The van der Waals surface area contributed by atoms with Gasteiger partial charge in [-0.3, -0.25) is 4.79 Å². The van der Waals surface area contributed by atoms with Gasteiger partial charge in [0.1, 0.15) is 18.7 Å². The van der Waals surface area contributed by atoms with Crippen LogP contribution in [-0.4, -0.2) is 41.3 Å². The van der Waals surface area contributed by atoms with Crippen LogP contribution in [0.25, 0.3) is 0 Å². The standard InChI is InChI=1S/C13H14FNO4/c14-11-7-15(6-10(11)12(16)17)13(18)19-8-9-4-2-1-3-5-9/h1-5,10-11H,6-8H2,(H,16,17). The minimum atomic E-state index is -1.54. The first-order valence-corrected chi connectivity index (χ1v) is 5.90. The fraction of sp³-hybridized carbons (Fsp3) is 0.385. The Morgan fingerprint density at radius 3 is 2.58 bits per heavy atom. The van der Waals surface area contributed by atoms with Crippen LogP contribution in [0.3, 0.4) is 0 Å². The Morgan fingerprint density at radius 1 is 1.32 bits per heavy atom. The van der Waals surface area contributed by atoms with E-state index in [1.165, 1.54) is 0 Å². The van der Waals surface area contributed by atoms with E-state index in [9.17, 15) is 14.0 Å². The second-order valence-electron chi connectivity index (χ2n) is 4.41. The first kappa shape index (κ1) is 13.3. The number of rotatable bonds is 3. The molecule has 1 fully saturated rings. The first-order chi connectivity index (χ1) is 9.08. The highest BCUT2D eigenvalue weighted by molar-refractivity contribution is 5.75. The number of ether oxygens (including phenoxy) is 1. The van der Waals surface area contributed by atoms with Crippen molar-refractivity contribution in [1.82, 2.24) is 4.90 Å². The summed E-state index contributed by atoms with van der Waals surface area (Å²) < 4.78 is 18.4. The lowest BCUT2D eigenvalue weighted by molar-refractivity contribution is -0.142. The fourth-order valence-electron chi connectivity index (χ4n) is 1.96. The Hall–Kier alpha value is -2.11. The number of nitrogens with zero attached hydrogens (tertiary/aromatic N) is 1. The number of amides is 1. The molecule has 1 aliphatic rings. The Balaban J connectivity index is 1.86. The summed E-state index contributed by atoms with van der Waals surface area (Å²) in [7, 11) is 0. The van der Waals surface area contributed by atoms with Gasteiger partial charge in [-0.25, -0.2) is 9.18 Å². The minimum absolute atomic E-state index is 0.0882. The number of halogens is 1. The second-order valence-corrected chi connectivity index (χ2v) is 4.41. The van der Waals surface area contributed by atoms with Gasteiger partial charge >= 0.3 is 12.1 Å². The summed E-state index contributed by atoms with van der Waals surface area (Å²) in [5, 5.41) is 8.77. The first-order valence-electron chi connectivity index (χ1n) is 5.90. The molecule has 2 rings (SSSR count). The van der Waals surface area contributed by atoms with Gasteiger partial charge in [0.05, 0.1) is 6.54 Å². The summed E-state index contributed by atoms with van der Waals surface area (Å²) in [6.45, 7) is -0.292. The number of alkyl halides is 1. The average molecular weight is 267 g/mol. The molecule has 0 aliphatic carbocycles. The largest absolute Gasteiger partial charge is 0.481 e. The van der Waals surface area contributed by atoms with Crippen molar-refractivity contribution in [1.29, 1.82) is 0 Å². The summed E-state index contributed by atoms with van der Waals surface area (Å²) in [6.07, 6.45) is -2.22. The van der Waals surface area contributed by atoms with Crippen LogP contribution in [0.2, 0.25) is 0 Å². The van der Waals surface area contributed by atoms with Crippen LogP contribution >= 0.6 is 0 Å². The van der Waals surface area contributed by atoms with Crippen LogP contribution in [-0.2, 0) is 16.1 Å². The lowest BCUT2D eigenvalue weighted by Crippen LogP contribution is -2.30. The third kappa shape index (κ3) is 3.21. The van der Waals surface area contributed by atoms with E-state index in [-0.39, 0.29) is 19.7 Å².